The highest BCUT2D eigenvalue weighted by Gasteiger charge is 2.39. The zero-order valence-corrected chi connectivity index (χ0v) is 17.8. The summed E-state index contributed by atoms with van der Waals surface area (Å²) < 4.78 is 69.9. The monoisotopic (exact) mass is 463 g/mol. The van der Waals surface area contributed by atoms with Gasteiger partial charge >= 0.3 is 6.18 Å². The molecule has 1 N–H and O–H groups in total. The summed E-state index contributed by atoms with van der Waals surface area (Å²) in [6.07, 6.45) is -3.50. The minimum absolute atomic E-state index is 0.00188. The fourth-order valence-electron chi connectivity index (χ4n) is 3.46. The number of piperidine rings is 1. The van der Waals surface area contributed by atoms with Gasteiger partial charge in [-0.2, -0.15) is 17.5 Å². The molecular weight excluding hydrogens is 443 g/mol. The van der Waals surface area contributed by atoms with Gasteiger partial charge in [0.05, 0.1) is 4.88 Å². The highest BCUT2D eigenvalue weighted by molar-refractivity contribution is 7.91. The zero-order chi connectivity index (χ0) is 22.3. The smallest absolute Gasteiger partial charge is 0.351 e. The average Bonchev–Trinajstić information content (AvgIpc) is 3.33. The normalized spacial score (nSPS) is 23.3. The molecule has 164 valence electrons. The van der Waals surface area contributed by atoms with Crippen LogP contribution in [0, 0.1) is 11.8 Å². The number of aromatic nitrogens is 1. The number of nitrogens with zero attached hydrogens (tertiary/aromatic N) is 2. The molecule has 1 fully saturated rings. The number of amides is 1. The number of hydrogen-bond donors (Lipinski definition) is 1. The van der Waals surface area contributed by atoms with E-state index in [-0.39, 0.29) is 51.7 Å². The lowest BCUT2D eigenvalue weighted by molar-refractivity contribution is -0.155. The zero-order valence-electron chi connectivity index (χ0n) is 16.1. The molecule has 2 aromatic heterocycles. The molecule has 0 bridgehead atoms. The standard InChI is InChI=1S/C18H20F3N3O4S2/c1-4-15(25)22-17-10(2)8-24(9-11(17)3)30(26,27)16-6-5-13(29-16)12-7-14(28-23-12)18(19,20)21/h4-7,10-11,17H,1,8-9H2,2-3H3,(H,22,25). The Morgan fingerprint density at radius 1 is 1.33 bits per heavy atom. The highest BCUT2D eigenvalue weighted by atomic mass is 32.2. The maximum absolute atomic E-state index is 13.1. The Morgan fingerprint density at radius 3 is 2.50 bits per heavy atom. The Hall–Kier alpha value is -2.18. The first-order valence-electron chi connectivity index (χ1n) is 9.00. The van der Waals surface area contributed by atoms with Crippen molar-refractivity contribution in [2.24, 2.45) is 11.8 Å². The van der Waals surface area contributed by atoms with Crippen LogP contribution >= 0.6 is 11.3 Å². The van der Waals surface area contributed by atoms with Crippen LogP contribution in [0.5, 0.6) is 0 Å². The number of rotatable bonds is 5. The Bertz CT molecular complexity index is 1030. The summed E-state index contributed by atoms with van der Waals surface area (Å²) in [5, 5.41) is 6.22. The maximum atomic E-state index is 13.1. The van der Waals surface area contributed by atoms with Gasteiger partial charge in [-0.15, -0.1) is 11.3 Å². The summed E-state index contributed by atoms with van der Waals surface area (Å²) in [4.78, 5) is 11.9. The van der Waals surface area contributed by atoms with Gasteiger partial charge in [-0.25, -0.2) is 8.42 Å². The van der Waals surface area contributed by atoms with E-state index in [2.05, 4.69) is 21.6 Å². The summed E-state index contributed by atoms with van der Waals surface area (Å²) in [6.45, 7) is 7.51. The van der Waals surface area contributed by atoms with Crippen LogP contribution in [0.3, 0.4) is 0 Å². The molecule has 12 heteroatoms. The summed E-state index contributed by atoms with van der Waals surface area (Å²) in [6, 6.07) is 3.29. The highest BCUT2D eigenvalue weighted by Crippen LogP contribution is 2.37. The fourth-order valence-corrected chi connectivity index (χ4v) is 6.51. The molecule has 0 spiro atoms. The summed E-state index contributed by atoms with van der Waals surface area (Å²) >= 11 is 0.826. The Kier molecular flexibility index (Phi) is 6.12. The van der Waals surface area contributed by atoms with Crippen molar-refractivity contribution in [2.75, 3.05) is 13.1 Å². The third-order valence-corrected chi connectivity index (χ3v) is 8.33. The third-order valence-electron chi connectivity index (χ3n) is 4.92. The molecule has 0 aliphatic carbocycles. The average molecular weight is 464 g/mol. The number of nitrogens with one attached hydrogen (secondary N) is 1. The molecule has 0 aromatic carbocycles. The van der Waals surface area contributed by atoms with E-state index in [1.807, 2.05) is 13.8 Å². The topological polar surface area (TPSA) is 92.5 Å². The van der Waals surface area contributed by atoms with E-state index < -0.39 is 22.0 Å². The second-order valence-electron chi connectivity index (χ2n) is 7.21. The molecule has 1 aliphatic heterocycles. The molecule has 2 aromatic rings. The van der Waals surface area contributed by atoms with E-state index in [0.29, 0.717) is 0 Å². The van der Waals surface area contributed by atoms with Gasteiger partial charge in [0.25, 0.3) is 10.0 Å². The van der Waals surface area contributed by atoms with E-state index in [9.17, 15) is 26.4 Å². The van der Waals surface area contributed by atoms with E-state index in [1.165, 1.54) is 22.5 Å². The molecule has 3 heterocycles. The first-order chi connectivity index (χ1) is 13.9. The number of carbonyl (C=O) groups excluding carboxylic acids is 1. The Balaban J connectivity index is 1.79. The molecule has 2 atom stereocenters. The minimum Gasteiger partial charge on any atom is -0.351 e. The van der Waals surface area contributed by atoms with E-state index in [0.717, 1.165) is 17.4 Å². The van der Waals surface area contributed by atoms with Crippen LogP contribution in [-0.2, 0) is 21.0 Å². The van der Waals surface area contributed by atoms with Gasteiger partial charge in [-0.1, -0.05) is 25.6 Å². The molecule has 30 heavy (non-hydrogen) atoms. The van der Waals surface area contributed by atoms with E-state index in [1.54, 1.807) is 0 Å². The lowest BCUT2D eigenvalue weighted by Crippen LogP contribution is -2.55. The third kappa shape index (κ3) is 4.44. The second-order valence-corrected chi connectivity index (χ2v) is 10.5. The lowest BCUT2D eigenvalue weighted by atomic mass is 9.87. The predicted molar refractivity (Wildman–Crippen MR) is 104 cm³/mol. The van der Waals surface area contributed by atoms with Crippen molar-refractivity contribution >= 4 is 27.3 Å². The molecule has 0 radical (unpaired) electrons. The van der Waals surface area contributed by atoms with Crippen LogP contribution in [0.1, 0.15) is 19.6 Å². The molecule has 1 aliphatic rings. The SMILES string of the molecule is C=CC(=O)NC1C(C)CN(S(=O)(=O)c2ccc(-c3cc(C(F)(F)F)on3)s2)CC1C. The number of alkyl halides is 3. The first-order valence-corrected chi connectivity index (χ1v) is 11.3. The molecule has 0 saturated carbocycles. The van der Waals surface area contributed by atoms with E-state index in [4.69, 9.17) is 0 Å². The summed E-state index contributed by atoms with van der Waals surface area (Å²) in [7, 11) is -3.86. The molecule has 7 nitrogen and oxygen atoms in total. The quantitative estimate of drug-likeness (QED) is 0.687. The van der Waals surface area contributed by atoms with Crippen molar-refractivity contribution in [1.82, 2.24) is 14.8 Å². The van der Waals surface area contributed by atoms with Crippen molar-refractivity contribution in [3.8, 4) is 10.6 Å². The predicted octanol–water partition coefficient (Wildman–Crippen LogP) is 3.37. The lowest BCUT2D eigenvalue weighted by Gasteiger charge is -2.40. The van der Waals surface area contributed by atoms with Crippen LogP contribution in [0.25, 0.3) is 10.6 Å². The maximum Gasteiger partial charge on any atom is 0.452 e. The minimum atomic E-state index is -4.67. The van der Waals surface area contributed by atoms with Crippen LogP contribution in [0.4, 0.5) is 13.2 Å². The Morgan fingerprint density at radius 2 is 1.97 bits per heavy atom. The van der Waals surface area contributed by atoms with Gasteiger partial charge < -0.3 is 9.84 Å². The van der Waals surface area contributed by atoms with Crippen molar-refractivity contribution in [2.45, 2.75) is 30.3 Å². The Labute approximate surface area is 175 Å². The van der Waals surface area contributed by atoms with Crippen molar-refractivity contribution in [3.63, 3.8) is 0 Å². The van der Waals surface area contributed by atoms with Crippen LogP contribution in [0.15, 0.2) is 39.6 Å². The molecule has 1 saturated heterocycles. The molecular formula is C18H20F3N3O4S2. The number of halogens is 3. The molecule has 3 rings (SSSR count). The van der Waals surface area contributed by atoms with Crippen LogP contribution in [0.2, 0.25) is 0 Å². The largest absolute Gasteiger partial charge is 0.452 e. The van der Waals surface area contributed by atoms with Gasteiger partial charge in [-0.05, 0) is 30.0 Å². The molecule has 2 unspecified atom stereocenters. The molecule has 1 amide bonds. The van der Waals surface area contributed by atoms with Gasteiger partial charge in [0.15, 0.2) is 0 Å². The van der Waals surface area contributed by atoms with Crippen molar-refractivity contribution < 1.29 is 30.9 Å². The fraction of sp³-hybridized carbons (Fsp3) is 0.444. The van der Waals surface area contributed by atoms with Gasteiger partial charge in [0.1, 0.15) is 9.90 Å². The summed E-state index contributed by atoms with van der Waals surface area (Å²) in [5.41, 5.74) is -0.0821. The van der Waals surface area contributed by atoms with Crippen molar-refractivity contribution in [1.29, 1.82) is 0 Å². The number of hydrogen-bond acceptors (Lipinski definition) is 6. The summed E-state index contributed by atoms with van der Waals surface area (Å²) in [5.74, 6) is -1.85. The first kappa shape index (κ1) is 22.5. The number of thiophene rings is 1. The van der Waals surface area contributed by atoms with Gasteiger partial charge in [0.2, 0.25) is 11.7 Å². The number of sulfonamides is 1. The van der Waals surface area contributed by atoms with Crippen LogP contribution in [-0.4, -0.2) is 42.9 Å². The van der Waals surface area contributed by atoms with Crippen molar-refractivity contribution in [3.05, 3.63) is 36.6 Å². The van der Waals surface area contributed by atoms with E-state index >= 15 is 0 Å². The van der Waals surface area contributed by atoms with Crippen LogP contribution < -0.4 is 5.32 Å². The van der Waals surface area contributed by atoms with Gasteiger partial charge in [0, 0.05) is 25.2 Å². The van der Waals surface area contributed by atoms with Gasteiger partial charge in [-0.3, -0.25) is 4.79 Å². The number of carbonyl (C=O) groups is 1. The second kappa shape index (κ2) is 8.16.